The Kier molecular flexibility index (Phi) is 2.44. The number of aromatic nitrogens is 2. The van der Waals surface area contributed by atoms with E-state index in [0.29, 0.717) is 0 Å². The lowest BCUT2D eigenvalue weighted by Gasteiger charge is -2.18. The van der Waals surface area contributed by atoms with Gasteiger partial charge in [0.25, 0.3) is 0 Å². The van der Waals surface area contributed by atoms with Gasteiger partial charge in [-0.1, -0.05) is 0 Å². The number of hydrogen-bond donors (Lipinski definition) is 3. The molecule has 1 aliphatic heterocycles. The first-order valence-electron chi connectivity index (χ1n) is 5.87. The van der Waals surface area contributed by atoms with Crippen molar-refractivity contribution < 1.29 is 14.9 Å². The molecule has 7 heteroatoms. The van der Waals surface area contributed by atoms with Crippen LogP contribution in [0, 0.1) is 5.41 Å². The Morgan fingerprint density at radius 2 is 2.33 bits per heavy atom. The Balaban J connectivity index is 1.96. The van der Waals surface area contributed by atoms with Gasteiger partial charge in [0.2, 0.25) is 0 Å². The van der Waals surface area contributed by atoms with Crippen molar-refractivity contribution in [1.29, 1.82) is 0 Å². The van der Waals surface area contributed by atoms with E-state index in [2.05, 4.69) is 4.98 Å². The fourth-order valence-electron chi connectivity index (χ4n) is 2.68. The van der Waals surface area contributed by atoms with Gasteiger partial charge in [0, 0.05) is 11.6 Å². The number of rotatable bonds is 2. The maximum absolute atomic E-state index is 11.7. The van der Waals surface area contributed by atoms with Crippen molar-refractivity contribution >= 4 is 5.82 Å². The first-order valence-corrected chi connectivity index (χ1v) is 5.87. The van der Waals surface area contributed by atoms with Crippen LogP contribution in [0.3, 0.4) is 0 Å². The summed E-state index contributed by atoms with van der Waals surface area (Å²) in [7, 11) is 0. The molecule has 0 aromatic carbocycles. The number of nitrogens with two attached hydrogens (primary N) is 1. The Bertz CT molecular complexity index is 525. The molecule has 1 aromatic rings. The van der Waals surface area contributed by atoms with Crippen LogP contribution in [0.1, 0.15) is 19.1 Å². The third-order valence-electron chi connectivity index (χ3n) is 3.92. The van der Waals surface area contributed by atoms with E-state index in [-0.39, 0.29) is 12.4 Å². The summed E-state index contributed by atoms with van der Waals surface area (Å²) in [5, 5.41) is 19.6. The minimum absolute atomic E-state index is 0.128. The van der Waals surface area contributed by atoms with Crippen LogP contribution >= 0.6 is 0 Å². The van der Waals surface area contributed by atoms with E-state index in [9.17, 15) is 15.0 Å². The topological polar surface area (TPSA) is 111 Å². The van der Waals surface area contributed by atoms with Crippen molar-refractivity contribution in [2.24, 2.45) is 5.41 Å². The van der Waals surface area contributed by atoms with Crippen molar-refractivity contribution in [2.45, 2.75) is 31.3 Å². The summed E-state index contributed by atoms with van der Waals surface area (Å²) < 4.78 is 6.81. The second-order valence-electron chi connectivity index (χ2n) is 4.92. The van der Waals surface area contributed by atoms with Crippen LogP contribution in [0.2, 0.25) is 0 Å². The molecular weight excluding hydrogens is 238 g/mol. The molecule has 2 aliphatic rings. The van der Waals surface area contributed by atoms with Crippen molar-refractivity contribution in [1.82, 2.24) is 9.55 Å². The second kappa shape index (κ2) is 3.78. The van der Waals surface area contributed by atoms with Gasteiger partial charge in [-0.05, 0) is 18.9 Å². The summed E-state index contributed by atoms with van der Waals surface area (Å²) in [5.74, 6) is 0.128. The van der Waals surface area contributed by atoms with Gasteiger partial charge in [0.05, 0.1) is 12.7 Å². The highest BCUT2D eigenvalue weighted by Crippen LogP contribution is 2.59. The molecule has 0 radical (unpaired) electrons. The number of aliphatic hydroxyl groups excluding tert-OH is 2. The van der Waals surface area contributed by atoms with Gasteiger partial charge in [-0.2, -0.15) is 4.98 Å². The molecule has 7 nitrogen and oxygen atoms in total. The van der Waals surface area contributed by atoms with Crippen LogP contribution in [0.5, 0.6) is 0 Å². The zero-order chi connectivity index (χ0) is 12.9. The number of nitrogen functional groups attached to an aromatic ring is 1. The lowest BCUT2D eigenvalue weighted by Crippen LogP contribution is -2.34. The number of aliphatic hydroxyl groups is 2. The molecule has 3 rings (SSSR count). The quantitative estimate of drug-likeness (QED) is 0.614. The van der Waals surface area contributed by atoms with Crippen LogP contribution in [-0.4, -0.2) is 38.6 Å². The van der Waals surface area contributed by atoms with Gasteiger partial charge in [0.1, 0.15) is 11.9 Å². The van der Waals surface area contributed by atoms with Crippen LogP contribution in [0.25, 0.3) is 0 Å². The number of ether oxygens (including phenoxy) is 1. The molecular formula is C11H15N3O4. The summed E-state index contributed by atoms with van der Waals surface area (Å²) >= 11 is 0. The first-order chi connectivity index (χ1) is 8.58. The van der Waals surface area contributed by atoms with E-state index in [1.807, 2.05) is 0 Å². The minimum Gasteiger partial charge on any atom is -0.394 e. The summed E-state index contributed by atoms with van der Waals surface area (Å²) in [6.45, 7) is -0.162. The van der Waals surface area contributed by atoms with Crippen LogP contribution < -0.4 is 11.4 Å². The normalized spacial score (nSPS) is 32.9. The van der Waals surface area contributed by atoms with Gasteiger partial charge in [-0.3, -0.25) is 4.57 Å². The molecule has 1 aliphatic carbocycles. The highest BCUT2D eigenvalue weighted by Gasteiger charge is 2.63. The van der Waals surface area contributed by atoms with E-state index in [4.69, 9.17) is 10.5 Å². The van der Waals surface area contributed by atoms with E-state index < -0.39 is 29.5 Å². The molecule has 18 heavy (non-hydrogen) atoms. The van der Waals surface area contributed by atoms with Crippen molar-refractivity contribution in [2.75, 3.05) is 12.3 Å². The van der Waals surface area contributed by atoms with Crippen molar-refractivity contribution in [3.63, 3.8) is 0 Å². The van der Waals surface area contributed by atoms with Crippen LogP contribution in [0.4, 0.5) is 5.82 Å². The smallest absolute Gasteiger partial charge is 0.351 e. The molecule has 4 N–H and O–H groups in total. The Hall–Kier alpha value is -1.44. The fourth-order valence-corrected chi connectivity index (χ4v) is 2.68. The molecule has 0 amide bonds. The minimum atomic E-state index is -0.808. The van der Waals surface area contributed by atoms with Gasteiger partial charge < -0.3 is 20.7 Å². The summed E-state index contributed by atoms with van der Waals surface area (Å²) in [6.07, 6.45) is 1.01. The predicted octanol–water partition coefficient (Wildman–Crippen LogP) is -1.14. The standard InChI is InChI=1S/C11H15N3O4/c12-7-1-4-14(10(17)13-7)9-8(16)11(2-3-11)6(5-15)18-9/h1,4,6,8-9,15-16H,2-3,5H2,(H2,12,13,17)/t6-,8+,9-/m1/s1. The molecule has 98 valence electrons. The molecule has 3 atom stereocenters. The Morgan fingerprint density at radius 1 is 1.61 bits per heavy atom. The highest BCUT2D eigenvalue weighted by molar-refractivity contribution is 5.24. The van der Waals surface area contributed by atoms with E-state index in [1.54, 1.807) is 0 Å². The molecule has 1 saturated heterocycles. The van der Waals surface area contributed by atoms with Crippen molar-refractivity contribution in [3.05, 3.63) is 22.7 Å². The third kappa shape index (κ3) is 1.48. The van der Waals surface area contributed by atoms with Gasteiger partial charge in [-0.25, -0.2) is 4.79 Å². The lowest BCUT2D eigenvalue weighted by atomic mass is 9.95. The van der Waals surface area contributed by atoms with Crippen molar-refractivity contribution in [3.8, 4) is 0 Å². The largest absolute Gasteiger partial charge is 0.394 e. The Labute approximate surface area is 103 Å². The van der Waals surface area contributed by atoms with Crippen LogP contribution in [-0.2, 0) is 4.74 Å². The first kappa shape index (κ1) is 11.6. The average molecular weight is 253 g/mol. The maximum atomic E-state index is 11.7. The summed E-state index contributed by atoms with van der Waals surface area (Å²) in [6, 6.07) is 1.48. The molecule has 1 saturated carbocycles. The summed E-state index contributed by atoms with van der Waals surface area (Å²) in [5.41, 5.74) is 4.45. The zero-order valence-electron chi connectivity index (χ0n) is 9.69. The van der Waals surface area contributed by atoms with Gasteiger partial charge >= 0.3 is 5.69 Å². The van der Waals surface area contributed by atoms with E-state index in [0.717, 1.165) is 12.8 Å². The number of anilines is 1. The molecule has 2 fully saturated rings. The highest BCUT2D eigenvalue weighted by atomic mass is 16.5. The monoisotopic (exact) mass is 253 g/mol. The maximum Gasteiger partial charge on any atom is 0.351 e. The number of nitrogens with zero attached hydrogens (tertiary/aromatic N) is 2. The molecule has 1 spiro atoms. The van der Waals surface area contributed by atoms with Crippen LogP contribution in [0.15, 0.2) is 17.1 Å². The fraction of sp³-hybridized carbons (Fsp3) is 0.636. The molecule has 0 bridgehead atoms. The molecule has 2 heterocycles. The third-order valence-corrected chi connectivity index (χ3v) is 3.92. The zero-order valence-corrected chi connectivity index (χ0v) is 9.69. The van der Waals surface area contributed by atoms with Gasteiger partial charge in [-0.15, -0.1) is 0 Å². The number of hydrogen-bond acceptors (Lipinski definition) is 6. The molecule has 1 aromatic heterocycles. The lowest BCUT2D eigenvalue weighted by molar-refractivity contribution is -0.0536. The summed E-state index contributed by atoms with van der Waals surface area (Å²) in [4.78, 5) is 15.3. The van der Waals surface area contributed by atoms with Gasteiger partial charge in [0.15, 0.2) is 6.23 Å². The Morgan fingerprint density at radius 3 is 2.83 bits per heavy atom. The SMILES string of the molecule is Nc1ccn([C@@H]2O[C@H](CO)C3(CC3)[C@H]2O)c(=O)n1. The average Bonchev–Trinajstić information content (AvgIpc) is 3.07. The van der Waals surface area contributed by atoms with E-state index in [1.165, 1.54) is 16.8 Å². The van der Waals surface area contributed by atoms with E-state index >= 15 is 0 Å². The second-order valence-corrected chi connectivity index (χ2v) is 4.92. The predicted molar refractivity (Wildman–Crippen MR) is 61.6 cm³/mol. The molecule has 0 unspecified atom stereocenters.